The van der Waals surface area contributed by atoms with Gasteiger partial charge in [-0.05, 0) is 25.5 Å². The highest BCUT2D eigenvalue weighted by Gasteiger charge is 2.23. The Bertz CT molecular complexity index is 687. The Kier molecular flexibility index (Phi) is 5.42. The summed E-state index contributed by atoms with van der Waals surface area (Å²) in [5.74, 6) is 0. The van der Waals surface area contributed by atoms with Crippen LogP contribution in [0.4, 0.5) is 11.4 Å². The van der Waals surface area contributed by atoms with Crippen molar-refractivity contribution in [3.63, 3.8) is 0 Å². The SMILES string of the molecule is Cc1cc(N)c([N+](=O)[O-])cc1S(=O)(=O)NCC(C)S(C)=O. The number of rotatable bonds is 6. The van der Waals surface area contributed by atoms with Crippen molar-refractivity contribution in [3.05, 3.63) is 27.8 Å². The largest absolute Gasteiger partial charge is 0.393 e. The first kappa shape index (κ1) is 17.5. The fraction of sp³-hybridized carbons (Fsp3) is 0.455. The van der Waals surface area contributed by atoms with E-state index in [0.717, 1.165) is 6.07 Å². The minimum Gasteiger partial charge on any atom is -0.393 e. The first-order valence-electron chi connectivity index (χ1n) is 5.92. The van der Waals surface area contributed by atoms with E-state index in [1.807, 2.05) is 0 Å². The summed E-state index contributed by atoms with van der Waals surface area (Å²) in [4.78, 5) is 9.89. The van der Waals surface area contributed by atoms with Crippen molar-refractivity contribution < 1.29 is 17.6 Å². The van der Waals surface area contributed by atoms with Crippen molar-refractivity contribution in [1.82, 2.24) is 4.72 Å². The maximum atomic E-state index is 12.2. The zero-order valence-corrected chi connectivity index (χ0v) is 13.5. The smallest absolute Gasteiger partial charge is 0.293 e. The topological polar surface area (TPSA) is 132 Å². The minimum atomic E-state index is -3.94. The second-order valence-electron chi connectivity index (χ2n) is 4.59. The number of benzene rings is 1. The van der Waals surface area contributed by atoms with Gasteiger partial charge in [0.1, 0.15) is 5.69 Å². The molecule has 0 heterocycles. The van der Waals surface area contributed by atoms with E-state index >= 15 is 0 Å². The average Bonchev–Trinajstić information content (AvgIpc) is 2.34. The Morgan fingerprint density at radius 3 is 2.52 bits per heavy atom. The highest BCUT2D eigenvalue weighted by molar-refractivity contribution is 7.89. The molecule has 1 aromatic carbocycles. The predicted molar refractivity (Wildman–Crippen MR) is 81.0 cm³/mol. The Morgan fingerprint density at radius 2 is 2.05 bits per heavy atom. The predicted octanol–water partition coefficient (Wildman–Crippen LogP) is 0.531. The number of nitro groups is 1. The fourth-order valence-electron chi connectivity index (χ4n) is 1.57. The van der Waals surface area contributed by atoms with Crippen LogP contribution in [0.1, 0.15) is 12.5 Å². The molecule has 21 heavy (non-hydrogen) atoms. The molecule has 118 valence electrons. The van der Waals surface area contributed by atoms with E-state index in [2.05, 4.69) is 4.72 Å². The van der Waals surface area contributed by atoms with Gasteiger partial charge >= 0.3 is 0 Å². The Morgan fingerprint density at radius 1 is 1.48 bits per heavy atom. The van der Waals surface area contributed by atoms with Crippen LogP contribution in [0.15, 0.2) is 17.0 Å². The molecule has 0 aliphatic heterocycles. The zero-order valence-electron chi connectivity index (χ0n) is 11.8. The molecule has 0 aliphatic carbocycles. The number of nitrogens with two attached hydrogens (primary N) is 1. The quantitative estimate of drug-likeness (QED) is 0.443. The van der Waals surface area contributed by atoms with Crippen molar-refractivity contribution in [2.24, 2.45) is 0 Å². The Labute approximate surface area is 125 Å². The highest BCUT2D eigenvalue weighted by atomic mass is 32.2. The molecule has 0 aliphatic rings. The van der Waals surface area contributed by atoms with Gasteiger partial charge in [0.15, 0.2) is 0 Å². The third-order valence-electron chi connectivity index (χ3n) is 2.94. The van der Waals surface area contributed by atoms with Gasteiger partial charge < -0.3 is 5.73 Å². The lowest BCUT2D eigenvalue weighted by Crippen LogP contribution is -2.33. The molecule has 0 amide bonds. The van der Waals surface area contributed by atoms with E-state index in [0.29, 0.717) is 5.56 Å². The van der Waals surface area contributed by atoms with Gasteiger partial charge in [-0.25, -0.2) is 13.1 Å². The first-order chi connectivity index (χ1) is 9.56. The van der Waals surface area contributed by atoms with Crippen LogP contribution in [0, 0.1) is 17.0 Å². The van der Waals surface area contributed by atoms with Crippen LogP contribution in [0.3, 0.4) is 0 Å². The maximum absolute atomic E-state index is 12.2. The van der Waals surface area contributed by atoms with Crippen LogP contribution in [-0.4, -0.2) is 35.6 Å². The van der Waals surface area contributed by atoms with Crippen molar-refractivity contribution in [2.45, 2.75) is 24.0 Å². The van der Waals surface area contributed by atoms with Gasteiger partial charge in [0.25, 0.3) is 5.69 Å². The summed E-state index contributed by atoms with van der Waals surface area (Å²) in [5, 5.41) is 10.5. The minimum absolute atomic E-state index is 0.0247. The van der Waals surface area contributed by atoms with Crippen LogP contribution in [0.5, 0.6) is 0 Å². The number of anilines is 1. The molecule has 0 bridgehead atoms. The lowest BCUT2D eigenvalue weighted by atomic mass is 10.2. The standard InChI is InChI=1S/C11H17N3O5S2/c1-7-4-9(12)10(14(15)16)5-11(7)21(18,19)13-6-8(2)20(3)17/h4-5,8,13H,6,12H2,1-3H3. The van der Waals surface area contributed by atoms with E-state index in [1.165, 1.54) is 19.2 Å². The second-order valence-corrected chi connectivity index (χ2v) is 8.13. The number of nitrogens with one attached hydrogen (secondary N) is 1. The Balaban J connectivity index is 3.17. The lowest BCUT2D eigenvalue weighted by Gasteiger charge is -2.12. The van der Waals surface area contributed by atoms with Gasteiger partial charge in [0.2, 0.25) is 10.0 Å². The van der Waals surface area contributed by atoms with Crippen LogP contribution >= 0.6 is 0 Å². The molecule has 3 N–H and O–H groups in total. The molecular weight excluding hydrogens is 318 g/mol. The number of hydrogen-bond donors (Lipinski definition) is 2. The van der Waals surface area contributed by atoms with Gasteiger partial charge in [-0.1, -0.05) is 0 Å². The third kappa shape index (κ3) is 4.22. The molecule has 2 atom stereocenters. The van der Waals surface area contributed by atoms with E-state index in [9.17, 15) is 22.7 Å². The van der Waals surface area contributed by atoms with Gasteiger partial charge in [0.05, 0.1) is 9.82 Å². The Hall–Kier alpha value is -1.52. The summed E-state index contributed by atoms with van der Waals surface area (Å²) in [6.07, 6.45) is 1.47. The van der Waals surface area contributed by atoms with Gasteiger partial charge in [-0.3, -0.25) is 14.3 Å². The molecule has 0 fully saturated rings. The monoisotopic (exact) mass is 335 g/mol. The molecule has 8 nitrogen and oxygen atoms in total. The van der Waals surface area contributed by atoms with Crippen LogP contribution in [0.25, 0.3) is 0 Å². The van der Waals surface area contributed by atoms with Gasteiger partial charge in [-0.2, -0.15) is 0 Å². The molecule has 0 spiro atoms. The van der Waals surface area contributed by atoms with E-state index in [4.69, 9.17) is 5.73 Å². The number of sulfonamides is 1. The van der Waals surface area contributed by atoms with Crippen molar-refractivity contribution in [2.75, 3.05) is 18.5 Å². The molecule has 1 aromatic rings. The van der Waals surface area contributed by atoms with E-state index in [1.54, 1.807) is 6.92 Å². The molecule has 0 aromatic heterocycles. The average molecular weight is 335 g/mol. The molecule has 2 unspecified atom stereocenters. The van der Waals surface area contributed by atoms with Crippen molar-refractivity contribution >= 4 is 32.2 Å². The molecule has 0 saturated carbocycles. The van der Waals surface area contributed by atoms with Gasteiger partial charge in [-0.15, -0.1) is 0 Å². The van der Waals surface area contributed by atoms with Crippen molar-refractivity contribution in [1.29, 1.82) is 0 Å². The second kappa shape index (κ2) is 6.50. The number of aryl methyl sites for hydroxylation is 1. The summed E-state index contributed by atoms with van der Waals surface area (Å²) in [7, 11) is -5.11. The van der Waals surface area contributed by atoms with E-state index in [-0.39, 0.29) is 22.4 Å². The summed E-state index contributed by atoms with van der Waals surface area (Å²) in [6.45, 7) is 3.11. The maximum Gasteiger partial charge on any atom is 0.293 e. The normalized spacial score (nSPS) is 14.6. The summed E-state index contributed by atoms with van der Waals surface area (Å²) >= 11 is 0. The number of nitro benzene ring substituents is 1. The van der Waals surface area contributed by atoms with Crippen molar-refractivity contribution in [3.8, 4) is 0 Å². The molecular formula is C11H17N3O5S2. The van der Waals surface area contributed by atoms with Crippen LogP contribution < -0.4 is 10.5 Å². The van der Waals surface area contributed by atoms with E-state index < -0.39 is 31.4 Å². The third-order valence-corrected chi connectivity index (χ3v) is 5.80. The first-order valence-corrected chi connectivity index (χ1v) is 9.03. The molecule has 0 saturated heterocycles. The molecule has 1 rings (SSSR count). The number of nitrogen functional groups attached to an aromatic ring is 1. The zero-order chi connectivity index (χ0) is 16.4. The highest BCUT2D eigenvalue weighted by Crippen LogP contribution is 2.28. The summed E-state index contributed by atoms with van der Waals surface area (Å²) < 4.78 is 37.9. The summed E-state index contributed by atoms with van der Waals surface area (Å²) in [6, 6.07) is 2.18. The van der Waals surface area contributed by atoms with Crippen LogP contribution in [0.2, 0.25) is 0 Å². The fourth-order valence-corrected chi connectivity index (χ4v) is 3.37. The summed E-state index contributed by atoms with van der Waals surface area (Å²) in [5.41, 5.74) is 5.24. The number of nitrogens with zero attached hydrogens (tertiary/aromatic N) is 1. The van der Waals surface area contributed by atoms with Crippen LogP contribution in [-0.2, 0) is 20.8 Å². The van der Waals surface area contributed by atoms with Gasteiger partial charge in [0, 0.05) is 34.9 Å². The lowest BCUT2D eigenvalue weighted by molar-refractivity contribution is -0.384. The molecule has 10 heteroatoms. The number of hydrogen-bond acceptors (Lipinski definition) is 6. The molecule has 0 radical (unpaired) electrons.